The van der Waals surface area contributed by atoms with Gasteiger partial charge in [-0.2, -0.15) is 0 Å². The second-order valence-electron chi connectivity index (χ2n) is 7.31. The van der Waals surface area contributed by atoms with E-state index in [4.69, 9.17) is 4.74 Å². The number of halogens is 1. The Kier molecular flexibility index (Phi) is 5.86. The van der Waals surface area contributed by atoms with Gasteiger partial charge in [-0.25, -0.2) is 0 Å². The number of nitrogens with one attached hydrogen (secondary N) is 1. The van der Waals surface area contributed by atoms with Crippen LogP contribution in [0.2, 0.25) is 0 Å². The van der Waals surface area contributed by atoms with E-state index in [1.807, 2.05) is 55.5 Å². The van der Waals surface area contributed by atoms with Gasteiger partial charge < -0.3 is 15.0 Å². The van der Waals surface area contributed by atoms with Crippen LogP contribution in [0.25, 0.3) is 0 Å². The first-order valence-corrected chi connectivity index (χ1v) is 10.5. The summed E-state index contributed by atoms with van der Waals surface area (Å²) in [5.41, 5.74) is 2.63. The Labute approximate surface area is 183 Å². The third-order valence-electron chi connectivity index (χ3n) is 5.01. The summed E-state index contributed by atoms with van der Waals surface area (Å²) in [6.45, 7) is 2.39. The van der Waals surface area contributed by atoms with Crippen molar-refractivity contribution in [2.24, 2.45) is 5.92 Å². The van der Waals surface area contributed by atoms with Crippen LogP contribution in [0.15, 0.2) is 77.3 Å². The van der Waals surface area contributed by atoms with Crippen LogP contribution in [0.4, 0.5) is 11.4 Å². The van der Waals surface area contributed by atoms with Gasteiger partial charge in [0.2, 0.25) is 11.8 Å². The number of hydrogen-bond donors (Lipinski definition) is 1. The third-order valence-corrected chi connectivity index (χ3v) is 5.54. The van der Waals surface area contributed by atoms with Crippen molar-refractivity contribution in [2.75, 3.05) is 16.8 Å². The number of rotatable bonds is 5. The molecule has 0 aliphatic carbocycles. The number of carbonyl (C=O) groups excluding carboxylic acids is 2. The molecule has 1 aliphatic heterocycles. The summed E-state index contributed by atoms with van der Waals surface area (Å²) < 4.78 is 6.78. The van der Waals surface area contributed by atoms with Crippen molar-refractivity contribution in [1.29, 1.82) is 0 Å². The summed E-state index contributed by atoms with van der Waals surface area (Å²) in [5, 5.41) is 2.90. The lowest BCUT2D eigenvalue weighted by atomic mass is 10.1. The molecule has 1 atom stereocenters. The van der Waals surface area contributed by atoms with Crippen molar-refractivity contribution in [2.45, 2.75) is 13.3 Å². The van der Waals surface area contributed by atoms with E-state index in [2.05, 4.69) is 21.2 Å². The van der Waals surface area contributed by atoms with Crippen LogP contribution in [-0.4, -0.2) is 18.4 Å². The molecule has 0 radical (unpaired) electrons. The van der Waals surface area contributed by atoms with Gasteiger partial charge in [-0.1, -0.05) is 33.6 Å². The van der Waals surface area contributed by atoms with Crippen molar-refractivity contribution in [3.8, 4) is 11.5 Å². The standard InChI is InChI=1S/C24H21BrN2O3/c1-16-2-8-20(9-3-16)27-15-17(14-23(27)28)24(29)26-19-6-12-22(13-7-19)30-21-10-4-18(25)5-11-21/h2-13,17H,14-15H2,1H3,(H,26,29)/t17-/m1/s1. The molecule has 0 bridgehead atoms. The average Bonchev–Trinajstić information content (AvgIpc) is 3.13. The molecular formula is C24H21BrN2O3. The first-order chi connectivity index (χ1) is 14.5. The molecule has 1 fully saturated rings. The van der Waals surface area contributed by atoms with Crippen molar-refractivity contribution in [3.63, 3.8) is 0 Å². The number of ether oxygens (including phenoxy) is 1. The zero-order chi connectivity index (χ0) is 21.1. The number of benzene rings is 3. The van der Waals surface area contributed by atoms with Crippen LogP contribution >= 0.6 is 15.9 Å². The van der Waals surface area contributed by atoms with Gasteiger partial charge in [0.15, 0.2) is 0 Å². The zero-order valence-corrected chi connectivity index (χ0v) is 18.1. The van der Waals surface area contributed by atoms with E-state index in [9.17, 15) is 9.59 Å². The van der Waals surface area contributed by atoms with Gasteiger partial charge in [-0.05, 0) is 67.6 Å². The molecule has 0 spiro atoms. The summed E-state index contributed by atoms with van der Waals surface area (Å²) in [5.74, 6) is 0.849. The highest BCUT2D eigenvalue weighted by atomic mass is 79.9. The zero-order valence-electron chi connectivity index (χ0n) is 16.5. The smallest absolute Gasteiger partial charge is 0.229 e. The second-order valence-corrected chi connectivity index (χ2v) is 8.23. The van der Waals surface area contributed by atoms with E-state index in [0.29, 0.717) is 18.0 Å². The van der Waals surface area contributed by atoms with Crippen LogP contribution in [0.3, 0.4) is 0 Å². The van der Waals surface area contributed by atoms with Gasteiger partial charge in [-0.15, -0.1) is 0 Å². The SMILES string of the molecule is Cc1ccc(N2C[C@H](C(=O)Nc3ccc(Oc4ccc(Br)cc4)cc3)CC2=O)cc1. The third kappa shape index (κ3) is 4.71. The second kappa shape index (κ2) is 8.71. The fourth-order valence-electron chi connectivity index (χ4n) is 3.35. The summed E-state index contributed by atoms with van der Waals surface area (Å²) in [6.07, 6.45) is 0.213. The Bertz CT molecular complexity index is 1050. The summed E-state index contributed by atoms with van der Waals surface area (Å²) in [6, 6.07) is 22.5. The first-order valence-electron chi connectivity index (χ1n) is 9.69. The molecule has 2 amide bonds. The molecule has 152 valence electrons. The van der Waals surface area contributed by atoms with Crippen LogP contribution in [0, 0.1) is 12.8 Å². The molecule has 3 aromatic rings. The van der Waals surface area contributed by atoms with Crippen LogP contribution in [-0.2, 0) is 9.59 Å². The Morgan fingerprint density at radius 1 is 0.967 bits per heavy atom. The quantitative estimate of drug-likeness (QED) is 0.538. The summed E-state index contributed by atoms with van der Waals surface area (Å²) in [4.78, 5) is 26.7. The Hall–Kier alpha value is -3.12. The molecule has 1 saturated heterocycles. The molecule has 0 unspecified atom stereocenters. The number of anilines is 2. The minimum atomic E-state index is -0.377. The van der Waals surface area contributed by atoms with E-state index in [-0.39, 0.29) is 24.2 Å². The lowest BCUT2D eigenvalue weighted by Gasteiger charge is -2.17. The van der Waals surface area contributed by atoms with Crippen molar-refractivity contribution in [1.82, 2.24) is 0 Å². The van der Waals surface area contributed by atoms with Crippen LogP contribution in [0.5, 0.6) is 11.5 Å². The van der Waals surface area contributed by atoms with Crippen molar-refractivity contribution < 1.29 is 14.3 Å². The molecule has 0 saturated carbocycles. The lowest BCUT2D eigenvalue weighted by molar-refractivity contribution is -0.122. The topological polar surface area (TPSA) is 58.6 Å². The minimum absolute atomic E-state index is 0.0303. The maximum absolute atomic E-state index is 12.7. The average molecular weight is 465 g/mol. The number of aryl methyl sites for hydroxylation is 1. The number of carbonyl (C=O) groups is 2. The first kappa shape index (κ1) is 20.2. The van der Waals surface area contributed by atoms with Gasteiger partial charge >= 0.3 is 0 Å². The summed E-state index contributed by atoms with van der Waals surface area (Å²) >= 11 is 3.39. The normalized spacial score (nSPS) is 15.9. The van der Waals surface area contributed by atoms with E-state index in [1.165, 1.54) is 0 Å². The number of amides is 2. The molecule has 4 rings (SSSR count). The lowest BCUT2D eigenvalue weighted by Crippen LogP contribution is -2.28. The van der Waals surface area contributed by atoms with E-state index < -0.39 is 0 Å². The maximum atomic E-state index is 12.7. The molecule has 6 heteroatoms. The minimum Gasteiger partial charge on any atom is -0.457 e. The largest absolute Gasteiger partial charge is 0.457 e. The Morgan fingerprint density at radius 3 is 2.20 bits per heavy atom. The molecule has 1 N–H and O–H groups in total. The monoisotopic (exact) mass is 464 g/mol. The van der Waals surface area contributed by atoms with Crippen LogP contribution in [0.1, 0.15) is 12.0 Å². The van der Waals surface area contributed by atoms with Gasteiger partial charge in [0.1, 0.15) is 11.5 Å². The Balaban J connectivity index is 1.36. The molecule has 30 heavy (non-hydrogen) atoms. The predicted octanol–water partition coefficient (Wildman–Crippen LogP) is 5.54. The molecule has 0 aromatic heterocycles. The summed E-state index contributed by atoms with van der Waals surface area (Å²) in [7, 11) is 0. The van der Waals surface area contributed by atoms with E-state index in [0.717, 1.165) is 21.5 Å². The van der Waals surface area contributed by atoms with Crippen molar-refractivity contribution >= 4 is 39.1 Å². The molecule has 5 nitrogen and oxygen atoms in total. The highest BCUT2D eigenvalue weighted by molar-refractivity contribution is 9.10. The van der Waals surface area contributed by atoms with E-state index >= 15 is 0 Å². The Morgan fingerprint density at radius 2 is 1.57 bits per heavy atom. The van der Waals surface area contributed by atoms with Gasteiger partial charge in [0.25, 0.3) is 0 Å². The fourth-order valence-corrected chi connectivity index (χ4v) is 3.61. The van der Waals surface area contributed by atoms with Gasteiger partial charge in [-0.3, -0.25) is 9.59 Å². The molecule has 3 aromatic carbocycles. The van der Waals surface area contributed by atoms with Gasteiger partial charge in [0, 0.05) is 28.8 Å². The van der Waals surface area contributed by atoms with Gasteiger partial charge in [0.05, 0.1) is 5.92 Å². The maximum Gasteiger partial charge on any atom is 0.229 e. The predicted molar refractivity (Wildman–Crippen MR) is 121 cm³/mol. The highest BCUT2D eigenvalue weighted by Gasteiger charge is 2.35. The van der Waals surface area contributed by atoms with Crippen LogP contribution < -0.4 is 15.0 Å². The fraction of sp³-hybridized carbons (Fsp3) is 0.167. The molecule has 1 heterocycles. The number of nitrogens with zero attached hydrogens (tertiary/aromatic N) is 1. The van der Waals surface area contributed by atoms with Crippen molar-refractivity contribution in [3.05, 3.63) is 82.8 Å². The highest BCUT2D eigenvalue weighted by Crippen LogP contribution is 2.28. The number of hydrogen-bond acceptors (Lipinski definition) is 3. The van der Waals surface area contributed by atoms with E-state index in [1.54, 1.807) is 29.2 Å². The molecule has 1 aliphatic rings. The molecular weight excluding hydrogens is 444 g/mol.